The SMILES string of the molecule is COC(=O)c1cc(B2OC(C)(C)C(C)(C)O2)ccc1C(F)(F)F. The van der Waals surface area contributed by atoms with E-state index in [0.29, 0.717) is 5.46 Å². The Bertz CT molecular complexity index is 610. The number of hydrogen-bond donors (Lipinski definition) is 0. The maximum atomic E-state index is 13.0. The monoisotopic (exact) mass is 330 g/mol. The molecule has 0 radical (unpaired) electrons. The van der Waals surface area contributed by atoms with Gasteiger partial charge in [-0.3, -0.25) is 0 Å². The molecule has 0 bridgehead atoms. The van der Waals surface area contributed by atoms with Gasteiger partial charge in [0.15, 0.2) is 0 Å². The van der Waals surface area contributed by atoms with Crippen molar-refractivity contribution in [1.82, 2.24) is 0 Å². The number of rotatable bonds is 2. The van der Waals surface area contributed by atoms with E-state index in [4.69, 9.17) is 9.31 Å². The van der Waals surface area contributed by atoms with Crippen LogP contribution in [0.15, 0.2) is 18.2 Å². The van der Waals surface area contributed by atoms with E-state index in [-0.39, 0.29) is 0 Å². The maximum Gasteiger partial charge on any atom is 0.494 e. The lowest BCUT2D eigenvalue weighted by Crippen LogP contribution is -2.41. The summed E-state index contributed by atoms with van der Waals surface area (Å²) in [4.78, 5) is 11.7. The van der Waals surface area contributed by atoms with Crippen molar-refractivity contribution in [3.8, 4) is 0 Å². The number of hydrogen-bond acceptors (Lipinski definition) is 4. The van der Waals surface area contributed by atoms with Gasteiger partial charge in [-0.05, 0) is 45.3 Å². The molecule has 0 aromatic heterocycles. The van der Waals surface area contributed by atoms with Crippen LogP contribution >= 0.6 is 0 Å². The van der Waals surface area contributed by atoms with Gasteiger partial charge in [0.25, 0.3) is 0 Å². The third-order valence-electron chi connectivity index (χ3n) is 4.28. The predicted molar refractivity (Wildman–Crippen MR) is 78.5 cm³/mol. The molecule has 0 aliphatic carbocycles. The molecule has 23 heavy (non-hydrogen) atoms. The van der Waals surface area contributed by atoms with Crippen LogP contribution in [0.5, 0.6) is 0 Å². The van der Waals surface area contributed by atoms with E-state index in [2.05, 4.69) is 4.74 Å². The molecule has 0 saturated carbocycles. The summed E-state index contributed by atoms with van der Waals surface area (Å²) in [6, 6.07) is 3.20. The van der Waals surface area contributed by atoms with Gasteiger partial charge in [0.1, 0.15) is 0 Å². The lowest BCUT2D eigenvalue weighted by atomic mass is 9.77. The van der Waals surface area contributed by atoms with Crippen LogP contribution < -0.4 is 5.46 Å². The number of alkyl halides is 3. The van der Waals surface area contributed by atoms with Gasteiger partial charge in [-0.25, -0.2) is 4.79 Å². The maximum absolute atomic E-state index is 13.0. The summed E-state index contributed by atoms with van der Waals surface area (Å²) in [5.41, 5.74) is -2.55. The highest BCUT2D eigenvalue weighted by atomic mass is 19.4. The minimum atomic E-state index is -4.65. The Balaban J connectivity index is 2.45. The van der Waals surface area contributed by atoms with Crippen molar-refractivity contribution in [3.05, 3.63) is 29.3 Å². The molecule has 1 fully saturated rings. The quantitative estimate of drug-likeness (QED) is 0.618. The van der Waals surface area contributed by atoms with Gasteiger partial charge in [-0.15, -0.1) is 0 Å². The second kappa shape index (κ2) is 5.52. The summed E-state index contributed by atoms with van der Waals surface area (Å²) < 4.78 is 55.1. The number of methoxy groups -OCH3 is 1. The smallest absolute Gasteiger partial charge is 0.465 e. The summed E-state index contributed by atoms with van der Waals surface area (Å²) in [5.74, 6) is -1.06. The lowest BCUT2D eigenvalue weighted by molar-refractivity contribution is -0.138. The predicted octanol–water partition coefficient (Wildman–Crippen LogP) is 2.79. The summed E-state index contributed by atoms with van der Waals surface area (Å²) in [7, 11) is 0.176. The first kappa shape index (κ1) is 17.8. The number of carbonyl (C=O) groups excluding carboxylic acids is 1. The molecular formula is C15H18BF3O4. The Morgan fingerprint density at radius 3 is 2.09 bits per heavy atom. The third-order valence-corrected chi connectivity index (χ3v) is 4.28. The Kier molecular flexibility index (Phi) is 4.28. The molecular weight excluding hydrogens is 312 g/mol. The molecule has 8 heteroatoms. The van der Waals surface area contributed by atoms with Gasteiger partial charge < -0.3 is 14.0 Å². The van der Waals surface area contributed by atoms with E-state index in [1.807, 2.05) is 27.7 Å². The molecule has 0 N–H and O–H groups in total. The fourth-order valence-corrected chi connectivity index (χ4v) is 2.21. The van der Waals surface area contributed by atoms with Crippen molar-refractivity contribution < 1.29 is 32.0 Å². The van der Waals surface area contributed by atoms with Crippen LogP contribution in [0.3, 0.4) is 0 Å². The van der Waals surface area contributed by atoms with E-state index >= 15 is 0 Å². The van der Waals surface area contributed by atoms with E-state index in [0.717, 1.165) is 19.2 Å². The Labute approximate surface area is 133 Å². The van der Waals surface area contributed by atoms with Crippen molar-refractivity contribution >= 4 is 18.6 Å². The van der Waals surface area contributed by atoms with Crippen LogP contribution in [-0.4, -0.2) is 31.4 Å². The molecule has 2 rings (SSSR count). The van der Waals surface area contributed by atoms with Crippen LogP contribution in [0.4, 0.5) is 13.2 Å². The Morgan fingerprint density at radius 1 is 1.13 bits per heavy atom. The van der Waals surface area contributed by atoms with Crippen molar-refractivity contribution in [3.63, 3.8) is 0 Å². The third kappa shape index (κ3) is 3.23. The number of carbonyl (C=O) groups is 1. The molecule has 1 aliphatic rings. The Hall–Kier alpha value is -1.54. The van der Waals surface area contributed by atoms with Gasteiger partial charge in [0.2, 0.25) is 0 Å². The molecule has 1 aromatic rings. The average Bonchev–Trinajstić information content (AvgIpc) is 2.65. The zero-order valence-electron chi connectivity index (χ0n) is 13.6. The lowest BCUT2D eigenvalue weighted by Gasteiger charge is -2.32. The van der Waals surface area contributed by atoms with Gasteiger partial charge in [-0.1, -0.05) is 6.07 Å². The van der Waals surface area contributed by atoms with Crippen LogP contribution in [0, 0.1) is 0 Å². The van der Waals surface area contributed by atoms with Crippen LogP contribution in [-0.2, 0) is 20.2 Å². The fourth-order valence-electron chi connectivity index (χ4n) is 2.21. The second-order valence-corrected chi connectivity index (χ2v) is 6.38. The van der Waals surface area contributed by atoms with E-state index in [1.54, 1.807) is 0 Å². The minimum absolute atomic E-state index is 0.331. The number of benzene rings is 1. The zero-order valence-corrected chi connectivity index (χ0v) is 13.6. The molecule has 0 atom stereocenters. The minimum Gasteiger partial charge on any atom is -0.465 e. The van der Waals surface area contributed by atoms with Gasteiger partial charge >= 0.3 is 19.3 Å². The molecule has 1 aliphatic heterocycles. The van der Waals surface area contributed by atoms with Crippen molar-refractivity contribution in [1.29, 1.82) is 0 Å². The second-order valence-electron chi connectivity index (χ2n) is 6.38. The molecule has 1 aromatic carbocycles. The fraction of sp³-hybridized carbons (Fsp3) is 0.533. The molecule has 0 spiro atoms. The summed E-state index contributed by atoms with van der Waals surface area (Å²) >= 11 is 0. The van der Waals surface area contributed by atoms with Crippen molar-refractivity contribution in [2.45, 2.75) is 45.1 Å². The van der Waals surface area contributed by atoms with Gasteiger partial charge in [0.05, 0.1) is 29.4 Å². The van der Waals surface area contributed by atoms with E-state index in [1.165, 1.54) is 6.07 Å². The highest BCUT2D eigenvalue weighted by Gasteiger charge is 2.52. The van der Waals surface area contributed by atoms with Crippen LogP contribution in [0.2, 0.25) is 0 Å². The highest BCUT2D eigenvalue weighted by Crippen LogP contribution is 2.37. The Morgan fingerprint density at radius 2 is 1.65 bits per heavy atom. The molecule has 126 valence electrons. The topological polar surface area (TPSA) is 44.8 Å². The van der Waals surface area contributed by atoms with Gasteiger partial charge in [0, 0.05) is 0 Å². The molecule has 4 nitrogen and oxygen atoms in total. The van der Waals surface area contributed by atoms with Gasteiger partial charge in [-0.2, -0.15) is 13.2 Å². The first-order valence-electron chi connectivity index (χ1n) is 7.04. The van der Waals surface area contributed by atoms with E-state index in [9.17, 15) is 18.0 Å². The van der Waals surface area contributed by atoms with Crippen LogP contribution in [0.25, 0.3) is 0 Å². The highest BCUT2D eigenvalue weighted by molar-refractivity contribution is 6.62. The molecule has 0 amide bonds. The average molecular weight is 330 g/mol. The standard InChI is InChI=1S/C15H18BF3O4/c1-13(2)14(3,4)23-16(22-13)9-6-7-11(15(17,18)19)10(8-9)12(20)21-5/h6-8H,1-5H3. The first-order chi connectivity index (χ1) is 10.4. The van der Waals surface area contributed by atoms with Crippen molar-refractivity contribution in [2.75, 3.05) is 7.11 Å². The zero-order chi connectivity index (χ0) is 17.6. The molecule has 1 heterocycles. The first-order valence-corrected chi connectivity index (χ1v) is 7.04. The summed E-state index contributed by atoms with van der Waals surface area (Å²) in [5, 5.41) is 0. The summed E-state index contributed by atoms with van der Waals surface area (Å²) in [6.07, 6.45) is -4.65. The summed E-state index contributed by atoms with van der Waals surface area (Å²) in [6.45, 7) is 7.33. The number of esters is 1. The number of ether oxygens (including phenoxy) is 1. The van der Waals surface area contributed by atoms with Crippen LogP contribution in [0.1, 0.15) is 43.6 Å². The molecule has 1 saturated heterocycles. The number of halogens is 3. The van der Waals surface area contributed by atoms with Crippen molar-refractivity contribution in [2.24, 2.45) is 0 Å². The van der Waals surface area contributed by atoms with E-state index < -0.39 is 41.6 Å². The largest absolute Gasteiger partial charge is 0.494 e. The normalized spacial score (nSPS) is 19.7. The molecule has 0 unspecified atom stereocenters.